The van der Waals surface area contributed by atoms with Gasteiger partial charge in [-0.1, -0.05) is 0 Å². The predicted octanol–water partition coefficient (Wildman–Crippen LogP) is 5.66. The molecule has 0 aliphatic carbocycles. The van der Waals surface area contributed by atoms with Gasteiger partial charge in [-0.15, -0.1) is 0 Å². The zero-order valence-electron chi connectivity index (χ0n) is 15.2. The summed E-state index contributed by atoms with van der Waals surface area (Å²) in [5.41, 5.74) is 0. The molecule has 0 spiro atoms. The third-order valence-corrected chi connectivity index (χ3v) is 11.6. The Morgan fingerprint density at radius 2 is 1.00 bits per heavy atom. The van der Waals surface area contributed by atoms with Gasteiger partial charge in [-0.3, -0.25) is 0 Å². The van der Waals surface area contributed by atoms with Crippen LogP contribution in [0.1, 0.15) is 79.1 Å². The van der Waals surface area contributed by atoms with Crippen LogP contribution in [-0.2, 0) is 4.52 Å². The van der Waals surface area contributed by atoms with Gasteiger partial charge in [-0.05, 0) is 0 Å². The molecular weight excluding hydrogens is 279 g/mol. The van der Waals surface area contributed by atoms with Crippen LogP contribution in [0, 0.1) is 0 Å². The summed E-state index contributed by atoms with van der Waals surface area (Å²) in [7, 11) is 0. The average Bonchev–Trinajstić information content (AvgIpc) is 2.53. The van der Waals surface area contributed by atoms with Gasteiger partial charge in [0.05, 0.1) is 0 Å². The fraction of sp³-hybridized carbons (Fsp3) is 1.00. The van der Waals surface area contributed by atoms with Crippen molar-refractivity contribution in [2.24, 2.45) is 0 Å². The molecule has 1 N–H and O–H groups in total. The topological polar surface area (TPSA) is 29.5 Å². The number of rotatable bonds is 15. The summed E-state index contributed by atoms with van der Waals surface area (Å²) in [5, 5.41) is 9.34. The number of aliphatic hydroxyl groups excluding tert-OH is 1. The molecule has 0 aromatic heterocycles. The number of hydrogen-bond acceptors (Lipinski definition) is 2. The van der Waals surface area contributed by atoms with Crippen molar-refractivity contribution >= 4 is 6.83 Å². The minimum absolute atomic E-state index is 0.175. The Kier molecular flexibility index (Phi) is 12.1. The molecular formula is C18H41O2P. The van der Waals surface area contributed by atoms with Gasteiger partial charge < -0.3 is 0 Å². The number of unbranched alkanes of at least 4 members (excludes halogenated alkanes) is 4. The van der Waals surface area contributed by atoms with Gasteiger partial charge in [0.2, 0.25) is 0 Å². The van der Waals surface area contributed by atoms with Gasteiger partial charge in [0.1, 0.15) is 0 Å². The van der Waals surface area contributed by atoms with Gasteiger partial charge in [0.15, 0.2) is 0 Å². The fourth-order valence-electron chi connectivity index (χ4n) is 3.46. The molecule has 0 atom stereocenters. The summed E-state index contributed by atoms with van der Waals surface area (Å²) < 4.78 is 6.66. The summed E-state index contributed by atoms with van der Waals surface area (Å²) >= 11 is 0. The zero-order valence-corrected chi connectivity index (χ0v) is 16.1. The van der Waals surface area contributed by atoms with E-state index in [0.29, 0.717) is 6.61 Å². The third-order valence-electron chi connectivity index (χ3n) is 4.86. The molecule has 0 aromatic carbocycles. The van der Waals surface area contributed by atoms with Gasteiger partial charge in [-0.25, -0.2) is 0 Å². The first kappa shape index (κ1) is 21.4. The van der Waals surface area contributed by atoms with Crippen LogP contribution in [0.2, 0.25) is 0 Å². The molecule has 0 amide bonds. The van der Waals surface area contributed by atoms with Crippen molar-refractivity contribution in [3.63, 3.8) is 0 Å². The summed E-state index contributed by atoms with van der Waals surface area (Å²) in [6.45, 7) is 7.79. The zero-order chi connectivity index (χ0) is 16.1. The molecule has 0 rings (SSSR count). The van der Waals surface area contributed by atoms with Crippen LogP contribution in [0.15, 0.2) is 0 Å². The van der Waals surface area contributed by atoms with Crippen molar-refractivity contribution in [3.05, 3.63) is 0 Å². The Labute approximate surface area is 134 Å². The van der Waals surface area contributed by atoms with Crippen LogP contribution in [0.5, 0.6) is 0 Å². The van der Waals surface area contributed by atoms with Crippen molar-refractivity contribution in [1.82, 2.24) is 0 Å². The molecule has 3 heteroatoms. The van der Waals surface area contributed by atoms with Crippen molar-refractivity contribution in [2.75, 3.05) is 37.9 Å². The standard InChI is InChI=1S/C18H41O2P/c1-5-9-15-21(16-10-6-2,17-11-7-3,18-12-8-4)20-14-13-19/h19H,5-18H2,1-4H3. The van der Waals surface area contributed by atoms with Gasteiger partial charge in [0, 0.05) is 0 Å². The number of hydrogen-bond donors (Lipinski definition) is 1. The Balaban J connectivity index is 5.33. The summed E-state index contributed by atoms with van der Waals surface area (Å²) in [6.07, 6.45) is 15.4. The maximum absolute atomic E-state index is 9.34. The van der Waals surface area contributed by atoms with Gasteiger partial charge >= 0.3 is 133 Å². The van der Waals surface area contributed by atoms with Crippen LogP contribution in [0.4, 0.5) is 0 Å². The van der Waals surface area contributed by atoms with Crippen LogP contribution in [0.25, 0.3) is 0 Å². The first-order valence-electron chi connectivity index (χ1n) is 9.38. The fourth-order valence-corrected chi connectivity index (χ4v) is 10.4. The van der Waals surface area contributed by atoms with E-state index in [0.717, 1.165) is 0 Å². The Bertz CT molecular complexity index is 179. The minimum atomic E-state index is -2.10. The second-order valence-electron chi connectivity index (χ2n) is 6.72. The van der Waals surface area contributed by atoms with Crippen molar-refractivity contribution in [2.45, 2.75) is 79.1 Å². The molecule has 0 aliphatic rings. The summed E-state index contributed by atoms with van der Waals surface area (Å²) in [6, 6.07) is 0. The molecule has 0 aliphatic heterocycles. The van der Waals surface area contributed by atoms with E-state index in [1.54, 1.807) is 0 Å². The molecule has 0 saturated heterocycles. The van der Waals surface area contributed by atoms with Crippen LogP contribution in [0.3, 0.4) is 0 Å². The molecule has 2 nitrogen and oxygen atoms in total. The Morgan fingerprint density at radius 3 is 1.24 bits per heavy atom. The van der Waals surface area contributed by atoms with E-state index in [9.17, 15) is 5.11 Å². The molecule has 130 valence electrons. The van der Waals surface area contributed by atoms with E-state index in [1.165, 1.54) is 76.0 Å². The van der Waals surface area contributed by atoms with Crippen molar-refractivity contribution < 1.29 is 9.63 Å². The summed E-state index contributed by atoms with van der Waals surface area (Å²) in [5.74, 6) is 0. The second kappa shape index (κ2) is 11.9. The molecule has 21 heavy (non-hydrogen) atoms. The van der Waals surface area contributed by atoms with Crippen molar-refractivity contribution in [1.29, 1.82) is 0 Å². The van der Waals surface area contributed by atoms with E-state index in [-0.39, 0.29) is 6.61 Å². The van der Waals surface area contributed by atoms with E-state index in [4.69, 9.17) is 4.52 Å². The maximum atomic E-state index is 9.34. The molecule has 0 unspecified atom stereocenters. The first-order valence-corrected chi connectivity index (χ1v) is 12.3. The monoisotopic (exact) mass is 320 g/mol. The van der Waals surface area contributed by atoms with Crippen molar-refractivity contribution in [3.8, 4) is 0 Å². The molecule has 0 saturated carbocycles. The summed E-state index contributed by atoms with van der Waals surface area (Å²) in [4.78, 5) is 0. The predicted molar refractivity (Wildman–Crippen MR) is 99.1 cm³/mol. The van der Waals surface area contributed by atoms with E-state index in [1.807, 2.05) is 0 Å². The average molecular weight is 320 g/mol. The van der Waals surface area contributed by atoms with E-state index in [2.05, 4.69) is 27.7 Å². The van der Waals surface area contributed by atoms with Gasteiger partial charge in [-0.2, -0.15) is 0 Å². The number of aliphatic hydroxyl groups is 1. The SMILES string of the molecule is CCCCP(CCCC)(CCCC)(CCCC)OCCO. The Hall–Kier alpha value is 0.350. The quantitative estimate of drug-likeness (QED) is 0.394. The first-order chi connectivity index (χ1) is 10.1. The molecule has 0 bridgehead atoms. The normalized spacial score (nSPS) is 14.0. The molecule has 0 fully saturated rings. The van der Waals surface area contributed by atoms with Crippen LogP contribution in [-0.4, -0.2) is 43.0 Å². The van der Waals surface area contributed by atoms with E-state index < -0.39 is 6.83 Å². The molecule has 0 radical (unpaired) electrons. The second-order valence-corrected chi connectivity index (χ2v) is 12.5. The third kappa shape index (κ3) is 7.44. The Morgan fingerprint density at radius 1 is 0.667 bits per heavy atom. The van der Waals surface area contributed by atoms with Gasteiger partial charge in [0.25, 0.3) is 0 Å². The molecule has 0 aromatic rings. The van der Waals surface area contributed by atoms with Crippen LogP contribution < -0.4 is 0 Å². The van der Waals surface area contributed by atoms with Crippen LogP contribution >= 0.6 is 6.83 Å². The van der Waals surface area contributed by atoms with E-state index >= 15 is 0 Å². The molecule has 0 heterocycles.